The zero-order chi connectivity index (χ0) is 22.5. The lowest BCUT2D eigenvalue weighted by molar-refractivity contribution is -0.113. The minimum Gasteiger partial charge on any atom is -0.316 e. The van der Waals surface area contributed by atoms with Crippen LogP contribution in [-0.2, 0) is 30.6 Å². The van der Waals surface area contributed by atoms with Crippen LogP contribution in [0.3, 0.4) is 0 Å². The second kappa shape index (κ2) is 10.6. The lowest BCUT2D eigenvalue weighted by Crippen LogP contribution is -2.14. The summed E-state index contributed by atoms with van der Waals surface area (Å²) in [7, 11) is 0. The van der Waals surface area contributed by atoms with Crippen LogP contribution in [0.4, 0.5) is 5.00 Å². The molecule has 3 heterocycles. The van der Waals surface area contributed by atoms with Gasteiger partial charge in [0.2, 0.25) is 5.91 Å². The van der Waals surface area contributed by atoms with Crippen molar-refractivity contribution in [3.63, 3.8) is 0 Å². The maximum Gasteiger partial charge on any atom is 0.235 e. The molecule has 4 rings (SSSR count). The van der Waals surface area contributed by atoms with Gasteiger partial charge < -0.3 is 9.88 Å². The molecule has 0 bridgehead atoms. The summed E-state index contributed by atoms with van der Waals surface area (Å²) < 4.78 is 2.05. The van der Waals surface area contributed by atoms with Crippen LogP contribution in [0.25, 0.3) is 11.4 Å². The fraction of sp³-hybridized carbons (Fsp3) is 0.478. The van der Waals surface area contributed by atoms with Gasteiger partial charge >= 0.3 is 0 Å². The molecular weight excluding hydrogens is 458 g/mol. The van der Waals surface area contributed by atoms with Crippen molar-refractivity contribution in [3.8, 4) is 17.5 Å². The standard InChI is InChI=1S/C23H27N5OS3/c1-3-16-11-15(13-30-16)21-26-27-23(28(21)4-2)31-14-20(29)25-22-18(12-24)17-9-7-5-6-8-10-19(17)32-22/h11,13H,3-10,14H2,1-2H3,(H,25,29). The predicted octanol–water partition coefficient (Wildman–Crippen LogP) is 5.91. The predicted molar refractivity (Wildman–Crippen MR) is 133 cm³/mol. The van der Waals surface area contributed by atoms with E-state index in [0.29, 0.717) is 10.6 Å². The molecule has 1 aliphatic carbocycles. The topological polar surface area (TPSA) is 83.6 Å². The number of anilines is 1. The number of rotatable bonds is 7. The molecule has 0 atom stereocenters. The summed E-state index contributed by atoms with van der Waals surface area (Å²) in [5.74, 6) is 0.961. The van der Waals surface area contributed by atoms with Crippen molar-refractivity contribution in [2.75, 3.05) is 11.1 Å². The third-order valence-corrected chi connectivity index (χ3v) is 8.92. The Morgan fingerprint density at radius 1 is 1.25 bits per heavy atom. The van der Waals surface area contributed by atoms with Gasteiger partial charge in [-0.1, -0.05) is 31.5 Å². The number of aryl methyl sites for hydroxylation is 2. The molecule has 0 saturated heterocycles. The number of thioether (sulfide) groups is 1. The maximum absolute atomic E-state index is 12.7. The molecule has 0 radical (unpaired) electrons. The Morgan fingerprint density at radius 3 is 2.78 bits per heavy atom. The smallest absolute Gasteiger partial charge is 0.235 e. The van der Waals surface area contributed by atoms with E-state index in [9.17, 15) is 10.1 Å². The quantitative estimate of drug-likeness (QED) is 0.421. The Kier molecular flexibility index (Phi) is 7.66. The van der Waals surface area contributed by atoms with Crippen LogP contribution < -0.4 is 5.32 Å². The summed E-state index contributed by atoms with van der Waals surface area (Å²) in [6.45, 7) is 4.94. The number of nitriles is 1. The largest absolute Gasteiger partial charge is 0.316 e. The second-order valence-electron chi connectivity index (χ2n) is 7.78. The number of nitrogens with one attached hydrogen (secondary N) is 1. The molecule has 0 unspecified atom stereocenters. The summed E-state index contributed by atoms with van der Waals surface area (Å²) in [5, 5.41) is 25.0. The number of hydrogen-bond acceptors (Lipinski definition) is 7. The molecule has 0 fully saturated rings. The molecule has 3 aromatic rings. The number of carbonyl (C=O) groups is 1. The molecule has 1 amide bonds. The first-order valence-electron chi connectivity index (χ1n) is 11.1. The fourth-order valence-electron chi connectivity index (χ4n) is 4.00. The van der Waals surface area contributed by atoms with Gasteiger partial charge in [0.1, 0.15) is 11.1 Å². The molecular formula is C23H27N5OS3. The van der Waals surface area contributed by atoms with Crippen LogP contribution in [0.15, 0.2) is 16.6 Å². The monoisotopic (exact) mass is 485 g/mol. The van der Waals surface area contributed by atoms with E-state index in [-0.39, 0.29) is 11.7 Å². The summed E-state index contributed by atoms with van der Waals surface area (Å²) in [6.07, 6.45) is 7.66. The van der Waals surface area contributed by atoms with Gasteiger partial charge in [0.25, 0.3) is 0 Å². The van der Waals surface area contributed by atoms with Crippen molar-refractivity contribution in [3.05, 3.63) is 32.3 Å². The number of thiophene rings is 2. The van der Waals surface area contributed by atoms with Crippen molar-refractivity contribution in [1.29, 1.82) is 5.26 Å². The number of amides is 1. The SMILES string of the molecule is CCc1cc(-c2nnc(SCC(=O)Nc3sc4c(c3C#N)CCCCCC4)n2CC)cs1. The number of nitrogens with zero attached hydrogens (tertiary/aromatic N) is 4. The van der Waals surface area contributed by atoms with E-state index in [4.69, 9.17) is 0 Å². The number of fused-ring (bicyclic) bond motifs is 1. The Labute approximate surface area is 201 Å². The van der Waals surface area contributed by atoms with E-state index in [0.717, 1.165) is 60.8 Å². The Morgan fingerprint density at radius 2 is 2.06 bits per heavy atom. The summed E-state index contributed by atoms with van der Waals surface area (Å²) >= 11 is 4.69. The summed E-state index contributed by atoms with van der Waals surface area (Å²) in [4.78, 5) is 15.3. The highest BCUT2D eigenvalue weighted by Gasteiger charge is 2.21. The summed E-state index contributed by atoms with van der Waals surface area (Å²) in [5.41, 5.74) is 2.89. The van der Waals surface area contributed by atoms with Gasteiger partial charge in [0.05, 0.1) is 11.3 Å². The molecule has 1 N–H and O–H groups in total. The normalized spacial score (nSPS) is 13.8. The lowest BCUT2D eigenvalue weighted by Gasteiger charge is -2.08. The molecule has 3 aromatic heterocycles. The minimum atomic E-state index is -0.114. The van der Waals surface area contributed by atoms with E-state index < -0.39 is 0 Å². The molecule has 0 saturated carbocycles. The highest BCUT2D eigenvalue weighted by molar-refractivity contribution is 7.99. The number of carbonyl (C=O) groups excluding carboxylic acids is 1. The van der Waals surface area contributed by atoms with Crippen LogP contribution in [0.2, 0.25) is 0 Å². The van der Waals surface area contributed by atoms with E-state index in [1.54, 1.807) is 22.7 Å². The van der Waals surface area contributed by atoms with Crippen LogP contribution in [0.5, 0.6) is 0 Å². The molecule has 32 heavy (non-hydrogen) atoms. The zero-order valence-corrected chi connectivity index (χ0v) is 20.9. The first kappa shape index (κ1) is 23.0. The van der Waals surface area contributed by atoms with Crippen molar-refractivity contribution in [2.45, 2.75) is 70.5 Å². The zero-order valence-electron chi connectivity index (χ0n) is 18.4. The van der Waals surface area contributed by atoms with E-state index in [1.807, 2.05) is 0 Å². The molecule has 0 aliphatic heterocycles. The van der Waals surface area contributed by atoms with Crippen LogP contribution in [0.1, 0.15) is 60.4 Å². The Bertz CT molecular complexity index is 1140. The molecule has 168 valence electrons. The first-order valence-corrected chi connectivity index (χ1v) is 13.8. The Hall–Kier alpha value is -2.15. The molecule has 6 nitrogen and oxygen atoms in total. The van der Waals surface area contributed by atoms with Crippen molar-refractivity contribution in [1.82, 2.24) is 14.8 Å². The highest BCUT2D eigenvalue weighted by atomic mass is 32.2. The molecule has 9 heteroatoms. The minimum absolute atomic E-state index is 0.114. The molecule has 1 aliphatic rings. The second-order valence-corrected chi connectivity index (χ2v) is 10.8. The van der Waals surface area contributed by atoms with Crippen LogP contribution in [-0.4, -0.2) is 26.4 Å². The van der Waals surface area contributed by atoms with E-state index >= 15 is 0 Å². The van der Waals surface area contributed by atoms with Gasteiger partial charge in [0.15, 0.2) is 11.0 Å². The van der Waals surface area contributed by atoms with E-state index in [2.05, 4.69) is 51.4 Å². The lowest BCUT2D eigenvalue weighted by atomic mass is 9.97. The molecule has 0 spiro atoms. The highest BCUT2D eigenvalue weighted by Crippen LogP contribution is 2.37. The average Bonchev–Trinajstić information content (AvgIpc) is 3.48. The van der Waals surface area contributed by atoms with E-state index in [1.165, 1.54) is 34.4 Å². The van der Waals surface area contributed by atoms with Crippen molar-refractivity contribution >= 4 is 45.3 Å². The van der Waals surface area contributed by atoms with Gasteiger partial charge in [-0.15, -0.1) is 32.9 Å². The summed E-state index contributed by atoms with van der Waals surface area (Å²) in [6, 6.07) is 4.50. The molecule has 0 aromatic carbocycles. The third kappa shape index (κ3) is 4.92. The first-order chi connectivity index (χ1) is 15.6. The maximum atomic E-state index is 12.7. The number of hydrogen-bond donors (Lipinski definition) is 1. The Balaban J connectivity index is 1.45. The fourth-order valence-corrected chi connectivity index (χ4v) is 6.87. The van der Waals surface area contributed by atoms with Gasteiger partial charge in [-0.2, -0.15) is 5.26 Å². The van der Waals surface area contributed by atoms with Crippen LogP contribution >= 0.6 is 34.4 Å². The number of aromatic nitrogens is 3. The van der Waals surface area contributed by atoms with Gasteiger partial charge in [0, 0.05) is 27.2 Å². The van der Waals surface area contributed by atoms with Crippen molar-refractivity contribution < 1.29 is 4.79 Å². The third-order valence-electron chi connectivity index (χ3n) is 5.66. The average molecular weight is 486 g/mol. The van der Waals surface area contributed by atoms with Gasteiger partial charge in [-0.3, -0.25) is 4.79 Å². The van der Waals surface area contributed by atoms with Crippen molar-refractivity contribution in [2.24, 2.45) is 0 Å². The van der Waals surface area contributed by atoms with Crippen LogP contribution in [0, 0.1) is 11.3 Å². The van der Waals surface area contributed by atoms with Gasteiger partial charge in [-0.05, 0) is 50.7 Å². The van der Waals surface area contributed by atoms with Gasteiger partial charge in [-0.25, -0.2) is 0 Å².